The molecule has 0 radical (unpaired) electrons. The second kappa shape index (κ2) is 5.54. The van der Waals surface area contributed by atoms with Crippen LogP contribution < -0.4 is 10.6 Å². The Morgan fingerprint density at radius 3 is 2.62 bits per heavy atom. The number of nitrogens with one attached hydrogen (secondary N) is 2. The van der Waals surface area contributed by atoms with E-state index in [0.717, 1.165) is 11.1 Å². The third-order valence-corrected chi connectivity index (χ3v) is 3.59. The Kier molecular flexibility index (Phi) is 3.58. The minimum absolute atomic E-state index is 0.360. The van der Waals surface area contributed by atoms with Gasteiger partial charge in [-0.3, -0.25) is 0 Å². The summed E-state index contributed by atoms with van der Waals surface area (Å²) in [5.41, 5.74) is 2.46. The van der Waals surface area contributed by atoms with Gasteiger partial charge in [-0.25, -0.2) is 9.18 Å². The van der Waals surface area contributed by atoms with Gasteiger partial charge in [-0.1, -0.05) is 24.3 Å². The van der Waals surface area contributed by atoms with Gasteiger partial charge in [0, 0.05) is 12.1 Å². The fourth-order valence-corrected chi connectivity index (χ4v) is 2.59. The molecule has 0 heterocycles. The van der Waals surface area contributed by atoms with Crippen LogP contribution in [0.1, 0.15) is 17.2 Å². The van der Waals surface area contributed by atoms with E-state index in [0.29, 0.717) is 12.1 Å². The Morgan fingerprint density at radius 1 is 1.14 bits per heavy atom. The molecule has 2 unspecified atom stereocenters. The lowest BCUT2D eigenvalue weighted by Crippen LogP contribution is -2.36. The molecule has 1 aliphatic rings. The van der Waals surface area contributed by atoms with Crippen molar-refractivity contribution in [3.8, 4) is 0 Å². The molecule has 2 aromatic rings. The van der Waals surface area contributed by atoms with Crippen molar-refractivity contribution < 1.29 is 14.3 Å². The maximum atomic E-state index is 12.8. The molecule has 21 heavy (non-hydrogen) atoms. The Bertz CT molecular complexity index is 658. The van der Waals surface area contributed by atoms with Crippen LogP contribution in [-0.4, -0.2) is 17.2 Å². The highest BCUT2D eigenvalue weighted by atomic mass is 19.1. The van der Waals surface area contributed by atoms with Gasteiger partial charge in [0.05, 0.1) is 12.1 Å². The number of hydrogen-bond donors (Lipinski definition) is 3. The molecule has 0 aromatic heterocycles. The first-order chi connectivity index (χ1) is 10.1. The van der Waals surface area contributed by atoms with Crippen LogP contribution in [0.2, 0.25) is 0 Å². The van der Waals surface area contributed by atoms with Crippen LogP contribution in [0, 0.1) is 5.82 Å². The van der Waals surface area contributed by atoms with E-state index in [1.54, 1.807) is 0 Å². The second-order valence-electron chi connectivity index (χ2n) is 5.05. The van der Waals surface area contributed by atoms with Gasteiger partial charge >= 0.3 is 6.03 Å². The number of rotatable bonds is 2. The molecular weight excluding hydrogens is 271 g/mol. The third kappa shape index (κ3) is 2.87. The topological polar surface area (TPSA) is 61.4 Å². The average Bonchev–Trinajstić information content (AvgIpc) is 2.78. The highest BCUT2D eigenvalue weighted by Gasteiger charge is 2.31. The van der Waals surface area contributed by atoms with Crippen LogP contribution in [0.5, 0.6) is 0 Å². The smallest absolute Gasteiger partial charge is 0.319 e. The van der Waals surface area contributed by atoms with E-state index in [9.17, 15) is 14.3 Å². The molecular formula is C16H15FN2O2. The molecule has 4 nitrogen and oxygen atoms in total. The number of aliphatic hydroxyl groups excluding tert-OH is 1. The van der Waals surface area contributed by atoms with Gasteiger partial charge in [-0.15, -0.1) is 0 Å². The quantitative estimate of drug-likeness (QED) is 0.794. The Balaban J connectivity index is 1.69. The lowest BCUT2D eigenvalue weighted by molar-refractivity contribution is 0.144. The number of carbonyl (C=O) groups excluding carboxylic acids is 1. The number of hydrogen-bond acceptors (Lipinski definition) is 2. The van der Waals surface area contributed by atoms with Crippen LogP contribution in [0.25, 0.3) is 0 Å². The number of carbonyl (C=O) groups is 1. The summed E-state index contributed by atoms with van der Waals surface area (Å²) in [7, 11) is 0. The largest absolute Gasteiger partial charge is 0.390 e. The zero-order valence-corrected chi connectivity index (χ0v) is 11.2. The van der Waals surface area contributed by atoms with E-state index in [4.69, 9.17) is 0 Å². The van der Waals surface area contributed by atoms with Crippen molar-refractivity contribution in [2.75, 3.05) is 5.32 Å². The molecule has 0 aliphatic heterocycles. The summed E-state index contributed by atoms with van der Waals surface area (Å²) in [5.74, 6) is -0.360. The summed E-state index contributed by atoms with van der Waals surface area (Å²) < 4.78 is 12.8. The highest BCUT2D eigenvalue weighted by Crippen LogP contribution is 2.31. The van der Waals surface area contributed by atoms with Crippen molar-refractivity contribution in [1.29, 1.82) is 0 Å². The summed E-state index contributed by atoms with van der Waals surface area (Å²) in [5, 5.41) is 15.4. The molecule has 3 rings (SSSR count). The zero-order chi connectivity index (χ0) is 14.8. The van der Waals surface area contributed by atoms with Crippen LogP contribution in [0.3, 0.4) is 0 Å². The fourth-order valence-electron chi connectivity index (χ4n) is 2.59. The molecule has 5 heteroatoms. The normalized spacial score (nSPS) is 19.9. The van der Waals surface area contributed by atoms with Crippen molar-refractivity contribution in [2.45, 2.75) is 18.6 Å². The van der Waals surface area contributed by atoms with Gasteiger partial charge in [0.25, 0.3) is 0 Å². The number of aliphatic hydroxyl groups is 1. The van der Waals surface area contributed by atoms with Crippen molar-refractivity contribution >= 4 is 11.7 Å². The molecule has 2 amide bonds. The molecule has 1 aliphatic carbocycles. The number of benzene rings is 2. The standard InChI is InChI=1S/C16H15FN2O2/c17-11-5-7-12(8-6-11)18-16(21)19-15-13-4-2-1-3-10(13)9-14(15)20/h1-8,14-15,20H,9H2,(H2,18,19,21). The predicted octanol–water partition coefficient (Wildman–Crippen LogP) is 2.61. The van der Waals surface area contributed by atoms with Crippen LogP contribution in [-0.2, 0) is 6.42 Å². The summed E-state index contributed by atoms with van der Waals surface area (Å²) in [6.07, 6.45) is -0.112. The van der Waals surface area contributed by atoms with E-state index >= 15 is 0 Å². The lowest BCUT2D eigenvalue weighted by atomic mass is 10.1. The fraction of sp³-hybridized carbons (Fsp3) is 0.188. The SMILES string of the molecule is O=C(Nc1ccc(F)cc1)NC1c2ccccc2CC1O. The maximum Gasteiger partial charge on any atom is 0.319 e. The van der Waals surface area contributed by atoms with Crippen molar-refractivity contribution in [3.63, 3.8) is 0 Å². The number of fused-ring (bicyclic) bond motifs is 1. The second-order valence-corrected chi connectivity index (χ2v) is 5.05. The molecule has 108 valence electrons. The van der Waals surface area contributed by atoms with Gasteiger partial charge in [0.2, 0.25) is 0 Å². The Hall–Kier alpha value is -2.40. The Morgan fingerprint density at radius 2 is 1.86 bits per heavy atom. The average molecular weight is 286 g/mol. The molecule has 0 saturated heterocycles. The maximum absolute atomic E-state index is 12.8. The molecule has 3 N–H and O–H groups in total. The predicted molar refractivity (Wildman–Crippen MR) is 77.4 cm³/mol. The summed E-state index contributed by atoms with van der Waals surface area (Å²) in [6.45, 7) is 0. The first-order valence-electron chi connectivity index (χ1n) is 6.72. The lowest BCUT2D eigenvalue weighted by Gasteiger charge is -2.18. The number of amides is 2. The first-order valence-corrected chi connectivity index (χ1v) is 6.72. The number of urea groups is 1. The van der Waals surface area contributed by atoms with Gasteiger partial charge in [0.1, 0.15) is 5.82 Å². The minimum atomic E-state index is -0.638. The number of anilines is 1. The van der Waals surface area contributed by atoms with Crippen molar-refractivity contribution in [2.24, 2.45) is 0 Å². The first kappa shape index (κ1) is 13.6. The van der Waals surface area contributed by atoms with E-state index in [1.807, 2.05) is 24.3 Å². The summed E-state index contributed by atoms with van der Waals surface area (Å²) >= 11 is 0. The van der Waals surface area contributed by atoms with Crippen LogP contribution >= 0.6 is 0 Å². The molecule has 2 aromatic carbocycles. The van der Waals surface area contributed by atoms with Gasteiger partial charge in [-0.05, 0) is 35.4 Å². The monoisotopic (exact) mass is 286 g/mol. The number of halogens is 1. The van der Waals surface area contributed by atoms with Crippen LogP contribution in [0.4, 0.5) is 14.9 Å². The third-order valence-electron chi connectivity index (χ3n) is 3.59. The summed E-state index contributed by atoms with van der Waals surface area (Å²) in [6, 6.07) is 12.3. The Labute approximate surface area is 121 Å². The van der Waals surface area contributed by atoms with Crippen LogP contribution in [0.15, 0.2) is 48.5 Å². The van der Waals surface area contributed by atoms with Gasteiger partial charge in [-0.2, -0.15) is 0 Å². The van der Waals surface area contributed by atoms with E-state index in [2.05, 4.69) is 10.6 Å². The molecule has 0 bridgehead atoms. The van der Waals surface area contributed by atoms with Crippen molar-refractivity contribution in [1.82, 2.24) is 5.32 Å². The van der Waals surface area contributed by atoms with Gasteiger partial charge in [0.15, 0.2) is 0 Å². The van der Waals surface area contributed by atoms with E-state index in [1.165, 1.54) is 24.3 Å². The van der Waals surface area contributed by atoms with E-state index < -0.39 is 18.2 Å². The molecule has 0 saturated carbocycles. The van der Waals surface area contributed by atoms with Crippen molar-refractivity contribution in [3.05, 3.63) is 65.5 Å². The van der Waals surface area contributed by atoms with Gasteiger partial charge < -0.3 is 15.7 Å². The zero-order valence-electron chi connectivity index (χ0n) is 11.2. The minimum Gasteiger partial charge on any atom is -0.390 e. The van der Waals surface area contributed by atoms with E-state index in [-0.39, 0.29) is 5.82 Å². The molecule has 0 spiro atoms. The molecule has 0 fully saturated rings. The highest BCUT2D eigenvalue weighted by molar-refractivity contribution is 5.89. The molecule has 2 atom stereocenters. The summed E-state index contributed by atoms with van der Waals surface area (Å²) in [4.78, 5) is 12.0.